The lowest BCUT2D eigenvalue weighted by atomic mass is 10.3. The first-order chi connectivity index (χ1) is 10.6. The Labute approximate surface area is 136 Å². The van der Waals surface area contributed by atoms with Crippen molar-refractivity contribution < 1.29 is 23.7 Å². The summed E-state index contributed by atoms with van der Waals surface area (Å²) < 4.78 is 21.7. The fraction of sp³-hybridized carbons (Fsp3) is 0.188. The Balaban J connectivity index is 1.97. The van der Waals surface area contributed by atoms with E-state index in [-0.39, 0.29) is 6.61 Å². The molecule has 2 aromatic carbocycles. The van der Waals surface area contributed by atoms with Crippen LogP contribution in [0.1, 0.15) is 0 Å². The second-order valence-corrected chi connectivity index (χ2v) is 5.18. The molecule has 0 aliphatic heterocycles. The molecule has 0 saturated heterocycles. The van der Waals surface area contributed by atoms with Gasteiger partial charge in [0.15, 0.2) is 6.61 Å². The minimum atomic E-state index is -0.518. The molecule has 0 heterocycles. The van der Waals surface area contributed by atoms with Crippen LogP contribution >= 0.6 is 15.9 Å². The third kappa shape index (κ3) is 4.66. The molecule has 0 bridgehead atoms. The Morgan fingerprint density at radius 2 is 1.59 bits per heavy atom. The van der Waals surface area contributed by atoms with E-state index in [1.165, 1.54) is 14.2 Å². The summed E-state index contributed by atoms with van der Waals surface area (Å²) in [4.78, 5) is 11.8. The number of halogens is 1. The van der Waals surface area contributed by atoms with E-state index >= 15 is 0 Å². The van der Waals surface area contributed by atoms with Crippen LogP contribution in [0.3, 0.4) is 0 Å². The zero-order chi connectivity index (χ0) is 15.9. The summed E-state index contributed by atoms with van der Waals surface area (Å²) in [7, 11) is 3.05. The van der Waals surface area contributed by atoms with Gasteiger partial charge in [0.1, 0.15) is 23.0 Å². The van der Waals surface area contributed by atoms with Crippen LogP contribution in [-0.4, -0.2) is 26.8 Å². The number of esters is 1. The molecule has 2 rings (SSSR count). The van der Waals surface area contributed by atoms with Crippen LogP contribution in [0.2, 0.25) is 0 Å². The van der Waals surface area contributed by atoms with Crippen molar-refractivity contribution in [3.63, 3.8) is 0 Å². The number of rotatable bonds is 6. The zero-order valence-electron chi connectivity index (χ0n) is 12.2. The van der Waals surface area contributed by atoms with Gasteiger partial charge in [-0.2, -0.15) is 0 Å². The van der Waals surface area contributed by atoms with Gasteiger partial charge in [-0.15, -0.1) is 0 Å². The summed E-state index contributed by atoms with van der Waals surface area (Å²) in [5.74, 6) is 1.47. The van der Waals surface area contributed by atoms with E-state index in [0.29, 0.717) is 23.0 Å². The molecule has 0 amide bonds. The van der Waals surface area contributed by atoms with Crippen molar-refractivity contribution in [2.75, 3.05) is 20.8 Å². The van der Waals surface area contributed by atoms with Gasteiger partial charge in [0.05, 0.1) is 14.2 Å². The summed E-state index contributed by atoms with van der Waals surface area (Å²) in [5, 5.41) is 0. The van der Waals surface area contributed by atoms with Crippen LogP contribution < -0.4 is 18.9 Å². The minimum Gasteiger partial charge on any atom is -0.496 e. The van der Waals surface area contributed by atoms with Gasteiger partial charge < -0.3 is 18.9 Å². The van der Waals surface area contributed by atoms with E-state index in [2.05, 4.69) is 15.9 Å². The molecular weight excluding hydrogens is 352 g/mol. The van der Waals surface area contributed by atoms with E-state index in [4.69, 9.17) is 18.9 Å². The maximum Gasteiger partial charge on any atom is 0.349 e. The molecule has 6 heteroatoms. The van der Waals surface area contributed by atoms with Crippen molar-refractivity contribution in [3.05, 3.63) is 46.9 Å². The number of methoxy groups -OCH3 is 2. The molecule has 0 spiro atoms. The van der Waals surface area contributed by atoms with E-state index in [9.17, 15) is 4.79 Å². The molecule has 2 aromatic rings. The van der Waals surface area contributed by atoms with E-state index in [1.807, 2.05) is 12.1 Å². The molecule has 0 aromatic heterocycles. The molecule has 0 radical (unpaired) electrons. The van der Waals surface area contributed by atoms with Gasteiger partial charge in [-0.1, -0.05) is 22.0 Å². The number of carbonyl (C=O) groups excluding carboxylic acids is 1. The lowest BCUT2D eigenvalue weighted by molar-refractivity contribution is -0.136. The number of carbonyl (C=O) groups is 1. The Bertz CT molecular complexity index is 634. The first-order valence-electron chi connectivity index (χ1n) is 6.43. The van der Waals surface area contributed by atoms with Crippen LogP contribution in [0.5, 0.6) is 23.0 Å². The molecule has 5 nitrogen and oxygen atoms in total. The standard InChI is InChI=1S/C16H15BrO5/c1-19-13-7-14(20-2)9-15(8-13)22-16(18)10-21-12-5-3-4-11(17)6-12/h3-9H,10H2,1-2H3. The molecule has 0 fully saturated rings. The molecule has 116 valence electrons. The van der Waals surface area contributed by atoms with Gasteiger partial charge in [0.25, 0.3) is 0 Å². The van der Waals surface area contributed by atoms with Crippen LogP contribution in [-0.2, 0) is 4.79 Å². The molecule has 0 aliphatic rings. The third-order valence-corrected chi connectivity index (χ3v) is 3.20. The predicted molar refractivity (Wildman–Crippen MR) is 84.8 cm³/mol. The second kappa shape index (κ2) is 7.70. The maximum atomic E-state index is 11.8. The summed E-state index contributed by atoms with van der Waals surface area (Å²) >= 11 is 3.33. The van der Waals surface area contributed by atoms with Crippen molar-refractivity contribution in [3.8, 4) is 23.0 Å². The van der Waals surface area contributed by atoms with Crippen LogP contribution in [0.4, 0.5) is 0 Å². The number of hydrogen-bond donors (Lipinski definition) is 0. The van der Waals surface area contributed by atoms with Crippen LogP contribution in [0.15, 0.2) is 46.9 Å². The van der Waals surface area contributed by atoms with E-state index < -0.39 is 5.97 Å². The molecule has 0 aliphatic carbocycles. The Kier molecular flexibility index (Phi) is 5.66. The number of benzene rings is 2. The first-order valence-corrected chi connectivity index (χ1v) is 7.22. The number of hydrogen-bond acceptors (Lipinski definition) is 5. The molecule has 0 saturated carbocycles. The lowest BCUT2D eigenvalue weighted by Gasteiger charge is -2.10. The summed E-state index contributed by atoms with van der Waals surface area (Å²) in [5.41, 5.74) is 0. The van der Waals surface area contributed by atoms with Crippen molar-refractivity contribution in [1.29, 1.82) is 0 Å². The fourth-order valence-corrected chi connectivity index (χ4v) is 2.08. The summed E-state index contributed by atoms with van der Waals surface area (Å²) in [6.45, 7) is -0.198. The zero-order valence-corrected chi connectivity index (χ0v) is 13.8. The first kappa shape index (κ1) is 16.2. The van der Waals surface area contributed by atoms with E-state index in [0.717, 1.165) is 4.47 Å². The van der Waals surface area contributed by atoms with Crippen molar-refractivity contribution in [2.45, 2.75) is 0 Å². The topological polar surface area (TPSA) is 54.0 Å². The van der Waals surface area contributed by atoms with Crippen LogP contribution in [0, 0.1) is 0 Å². The molecular formula is C16H15BrO5. The molecule has 0 unspecified atom stereocenters. The predicted octanol–water partition coefficient (Wildman–Crippen LogP) is 3.45. The Hall–Kier alpha value is -2.21. The van der Waals surface area contributed by atoms with Crippen LogP contribution in [0.25, 0.3) is 0 Å². The smallest absolute Gasteiger partial charge is 0.349 e. The normalized spacial score (nSPS) is 9.95. The average Bonchev–Trinajstić information content (AvgIpc) is 2.52. The molecule has 22 heavy (non-hydrogen) atoms. The number of ether oxygens (including phenoxy) is 4. The highest BCUT2D eigenvalue weighted by atomic mass is 79.9. The highest BCUT2D eigenvalue weighted by molar-refractivity contribution is 9.10. The van der Waals surface area contributed by atoms with Gasteiger partial charge in [0, 0.05) is 22.7 Å². The third-order valence-electron chi connectivity index (χ3n) is 2.71. The highest BCUT2D eigenvalue weighted by Crippen LogP contribution is 2.27. The maximum absolute atomic E-state index is 11.8. The van der Waals surface area contributed by atoms with Gasteiger partial charge in [0.2, 0.25) is 0 Å². The average molecular weight is 367 g/mol. The Morgan fingerprint density at radius 3 is 2.18 bits per heavy atom. The Morgan fingerprint density at radius 1 is 0.955 bits per heavy atom. The summed E-state index contributed by atoms with van der Waals surface area (Å²) in [6.07, 6.45) is 0. The second-order valence-electron chi connectivity index (χ2n) is 4.27. The molecule has 0 atom stereocenters. The fourth-order valence-electron chi connectivity index (χ4n) is 1.70. The SMILES string of the molecule is COc1cc(OC)cc(OC(=O)COc2cccc(Br)c2)c1. The highest BCUT2D eigenvalue weighted by Gasteiger charge is 2.09. The lowest BCUT2D eigenvalue weighted by Crippen LogP contribution is -2.17. The van der Waals surface area contributed by atoms with Gasteiger partial charge >= 0.3 is 5.97 Å². The van der Waals surface area contributed by atoms with E-state index in [1.54, 1.807) is 30.3 Å². The van der Waals surface area contributed by atoms with Crippen molar-refractivity contribution >= 4 is 21.9 Å². The van der Waals surface area contributed by atoms with Crippen molar-refractivity contribution in [1.82, 2.24) is 0 Å². The summed E-state index contributed by atoms with van der Waals surface area (Å²) in [6, 6.07) is 12.1. The quantitative estimate of drug-likeness (QED) is 0.578. The minimum absolute atomic E-state index is 0.198. The van der Waals surface area contributed by atoms with Crippen molar-refractivity contribution in [2.24, 2.45) is 0 Å². The van der Waals surface area contributed by atoms with Gasteiger partial charge in [-0.05, 0) is 18.2 Å². The van der Waals surface area contributed by atoms with Gasteiger partial charge in [-0.3, -0.25) is 0 Å². The van der Waals surface area contributed by atoms with Gasteiger partial charge in [-0.25, -0.2) is 4.79 Å². The monoisotopic (exact) mass is 366 g/mol. The molecule has 0 N–H and O–H groups in total. The largest absolute Gasteiger partial charge is 0.496 e.